The number of rotatable bonds is 3. The molecule has 0 amide bonds. The molecule has 3 aliphatic heterocycles. The Morgan fingerprint density at radius 1 is 0.804 bits per heavy atom. The second-order valence-electron chi connectivity index (χ2n) is 13.3. The number of phenolic OH excluding ortho intramolecular Hbond substituents is 1. The minimum Gasteiger partial charge on any atom is -0.504 e. The Balaban J connectivity index is 1.49. The maximum atomic E-state index is 10.9. The van der Waals surface area contributed by atoms with Crippen molar-refractivity contribution in [3.63, 3.8) is 0 Å². The van der Waals surface area contributed by atoms with Crippen LogP contribution in [0.5, 0.6) is 46.0 Å². The summed E-state index contributed by atoms with van der Waals surface area (Å²) in [5.74, 6) is 4.43. The van der Waals surface area contributed by atoms with Gasteiger partial charge in [-0.1, -0.05) is 18.2 Å². The topological polar surface area (TPSA) is 69.6 Å². The van der Waals surface area contributed by atoms with E-state index in [2.05, 4.69) is 56.4 Å². The van der Waals surface area contributed by atoms with Crippen molar-refractivity contribution in [2.24, 2.45) is 0 Å². The lowest BCUT2D eigenvalue weighted by atomic mass is 9.86. The second-order valence-corrected chi connectivity index (χ2v) is 13.3. The van der Waals surface area contributed by atoms with E-state index in [0.29, 0.717) is 46.7 Å². The summed E-state index contributed by atoms with van der Waals surface area (Å²) in [5, 5.41) is 10.9. The summed E-state index contributed by atoms with van der Waals surface area (Å²) in [6.45, 7) is 1.88. The summed E-state index contributed by atoms with van der Waals surface area (Å²) < 4.78 is 32.1. The average molecular weight is 624 g/mol. The molecule has 8 heteroatoms. The molecule has 6 bridgehead atoms. The monoisotopic (exact) mass is 623 g/mol. The number of fused-ring (bicyclic) bond motifs is 5. The van der Waals surface area contributed by atoms with E-state index in [1.165, 1.54) is 11.1 Å². The number of benzene rings is 4. The molecule has 1 N–H and O–H groups in total. The average Bonchev–Trinajstić information content (AvgIpc) is 3.04. The summed E-state index contributed by atoms with van der Waals surface area (Å²) in [6, 6.07) is 20.4. The number of aromatic hydroxyl groups is 1. The van der Waals surface area contributed by atoms with Crippen LogP contribution >= 0.6 is 0 Å². The van der Waals surface area contributed by atoms with E-state index in [1.54, 1.807) is 27.4 Å². The fourth-order valence-electron chi connectivity index (χ4n) is 7.50. The molecule has 8 nitrogen and oxygen atoms in total. The number of quaternary nitrogens is 1. The van der Waals surface area contributed by atoms with Gasteiger partial charge in [-0.25, -0.2) is 0 Å². The van der Waals surface area contributed by atoms with Gasteiger partial charge < -0.3 is 33.3 Å². The van der Waals surface area contributed by atoms with Gasteiger partial charge in [0.25, 0.3) is 0 Å². The Hall–Kier alpha value is -4.40. The van der Waals surface area contributed by atoms with Crippen molar-refractivity contribution < 1.29 is 33.3 Å². The Morgan fingerprint density at radius 3 is 2.37 bits per heavy atom. The first-order valence-electron chi connectivity index (χ1n) is 16.0. The zero-order chi connectivity index (χ0) is 32.2. The zero-order valence-electron chi connectivity index (χ0n) is 27.6. The summed E-state index contributed by atoms with van der Waals surface area (Å²) >= 11 is 0. The molecule has 3 aliphatic rings. The Bertz CT molecular complexity index is 1800. The van der Waals surface area contributed by atoms with Gasteiger partial charge in [-0.05, 0) is 84.6 Å². The highest BCUT2D eigenvalue weighted by Crippen LogP contribution is 2.52. The SMILES string of the molecule is COc1cc2c3cc1Oc1c(OC)c(OC)cc4c1C(Cc1ccc(O)c(c1)Oc1cccc(c1)CC3[N+](C)(C)CC2)N(C)CC4. The fraction of sp³-hybridized carbons (Fsp3) is 0.368. The maximum absolute atomic E-state index is 10.9. The Kier molecular flexibility index (Phi) is 7.73. The van der Waals surface area contributed by atoms with Gasteiger partial charge in [0.05, 0.1) is 42.0 Å². The number of ether oxygens (including phenoxy) is 5. The van der Waals surface area contributed by atoms with Crippen LogP contribution in [-0.4, -0.2) is 70.1 Å². The molecule has 240 valence electrons. The van der Waals surface area contributed by atoms with Crippen LogP contribution in [0.2, 0.25) is 0 Å². The molecule has 0 aromatic heterocycles. The van der Waals surface area contributed by atoms with E-state index in [0.717, 1.165) is 59.1 Å². The quantitative estimate of drug-likeness (QED) is 0.247. The molecule has 4 aromatic carbocycles. The van der Waals surface area contributed by atoms with Gasteiger partial charge in [-0.15, -0.1) is 0 Å². The predicted molar refractivity (Wildman–Crippen MR) is 177 cm³/mol. The molecule has 0 spiro atoms. The number of phenols is 1. The number of methoxy groups -OCH3 is 3. The number of hydrogen-bond donors (Lipinski definition) is 1. The van der Waals surface area contributed by atoms with Crippen LogP contribution in [0.4, 0.5) is 0 Å². The smallest absolute Gasteiger partial charge is 0.204 e. The fourth-order valence-corrected chi connectivity index (χ4v) is 7.50. The van der Waals surface area contributed by atoms with Gasteiger partial charge in [-0.2, -0.15) is 0 Å². The minimum absolute atomic E-state index is 0.0399. The molecule has 0 aliphatic carbocycles. The lowest BCUT2D eigenvalue weighted by Gasteiger charge is -2.43. The standard InChI is InChI=1S/C38H42N2O6/c1-39-14-12-26-21-35(43-5)37(44-6)38-36(26)29(39)17-24-10-11-31(41)32(19-24)45-27-9-7-8-23(16-27)18-30-28-22-34(46-38)33(42-4)20-25(28)13-15-40(30,2)3/h7-11,16,19-22,29-30H,12-15,17-18H2,1-6H3/p+1. The zero-order valence-corrected chi connectivity index (χ0v) is 27.6. The van der Waals surface area contributed by atoms with Gasteiger partial charge in [0.15, 0.2) is 34.5 Å². The summed E-state index contributed by atoms with van der Waals surface area (Å²) in [7, 11) is 11.8. The van der Waals surface area contributed by atoms with Crippen LogP contribution in [0, 0.1) is 0 Å². The first-order chi connectivity index (χ1) is 22.2. The number of nitrogens with zero attached hydrogens (tertiary/aromatic N) is 2. The van der Waals surface area contributed by atoms with Gasteiger partial charge in [-0.3, -0.25) is 4.90 Å². The van der Waals surface area contributed by atoms with Crippen LogP contribution in [0.3, 0.4) is 0 Å². The number of likely N-dealkylation sites (N-methyl/N-ethyl adjacent to an activating group) is 2. The van der Waals surface area contributed by atoms with Crippen molar-refractivity contribution in [2.45, 2.75) is 37.8 Å². The third kappa shape index (κ3) is 5.29. The summed E-state index contributed by atoms with van der Waals surface area (Å²) in [5.41, 5.74) is 6.94. The van der Waals surface area contributed by atoms with Gasteiger partial charge in [0.1, 0.15) is 11.8 Å². The molecule has 46 heavy (non-hydrogen) atoms. The van der Waals surface area contributed by atoms with Crippen molar-refractivity contribution in [3.8, 4) is 46.0 Å². The van der Waals surface area contributed by atoms with E-state index in [1.807, 2.05) is 24.3 Å². The summed E-state index contributed by atoms with van der Waals surface area (Å²) in [4.78, 5) is 2.35. The molecule has 2 atom stereocenters. The molecule has 3 heterocycles. The van der Waals surface area contributed by atoms with Crippen molar-refractivity contribution in [2.75, 3.05) is 55.6 Å². The summed E-state index contributed by atoms with van der Waals surface area (Å²) in [6.07, 6.45) is 3.26. The van der Waals surface area contributed by atoms with Crippen molar-refractivity contribution in [3.05, 3.63) is 94.0 Å². The van der Waals surface area contributed by atoms with E-state index in [4.69, 9.17) is 23.7 Å². The lowest BCUT2D eigenvalue weighted by Crippen LogP contribution is -2.48. The van der Waals surface area contributed by atoms with Crippen molar-refractivity contribution in [1.82, 2.24) is 4.90 Å². The molecule has 0 radical (unpaired) electrons. The number of hydrogen-bond acceptors (Lipinski definition) is 7. The van der Waals surface area contributed by atoms with Crippen molar-refractivity contribution >= 4 is 0 Å². The van der Waals surface area contributed by atoms with E-state index >= 15 is 0 Å². The lowest BCUT2D eigenvalue weighted by molar-refractivity contribution is -0.923. The molecule has 0 saturated heterocycles. The van der Waals surface area contributed by atoms with Gasteiger partial charge >= 0.3 is 0 Å². The Labute approximate surface area is 271 Å². The van der Waals surface area contributed by atoms with Crippen LogP contribution < -0.4 is 23.7 Å². The molecule has 0 fully saturated rings. The molecule has 4 aromatic rings. The van der Waals surface area contributed by atoms with Crippen molar-refractivity contribution in [1.29, 1.82) is 0 Å². The van der Waals surface area contributed by atoms with E-state index < -0.39 is 0 Å². The minimum atomic E-state index is -0.0399. The third-order valence-electron chi connectivity index (χ3n) is 10.2. The highest BCUT2D eigenvalue weighted by atomic mass is 16.5. The molecule has 0 saturated carbocycles. The first kappa shape index (κ1) is 30.3. The van der Waals surface area contributed by atoms with E-state index in [-0.39, 0.29) is 17.8 Å². The second kappa shape index (κ2) is 11.8. The van der Waals surface area contributed by atoms with Crippen LogP contribution in [-0.2, 0) is 25.7 Å². The third-order valence-corrected chi connectivity index (χ3v) is 10.2. The van der Waals surface area contributed by atoms with E-state index in [9.17, 15) is 5.11 Å². The predicted octanol–water partition coefficient (Wildman–Crippen LogP) is 7.00. The molecule has 2 unspecified atom stereocenters. The van der Waals surface area contributed by atoms with Gasteiger partial charge in [0.2, 0.25) is 5.75 Å². The highest BCUT2D eigenvalue weighted by molar-refractivity contribution is 5.63. The maximum Gasteiger partial charge on any atom is 0.204 e. The first-order valence-corrected chi connectivity index (χ1v) is 16.0. The Morgan fingerprint density at radius 2 is 1.59 bits per heavy atom. The van der Waals surface area contributed by atoms with Crippen LogP contribution in [0.1, 0.15) is 45.5 Å². The van der Waals surface area contributed by atoms with Gasteiger partial charge in [0, 0.05) is 36.6 Å². The normalized spacial score (nSPS) is 20.0. The molecular weight excluding hydrogens is 580 g/mol. The molecular formula is C38H43N2O6+. The van der Waals surface area contributed by atoms with Crippen LogP contribution in [0.15, 0.2) is 60.7 Å². The molecule has 7 rings (SSSR count). The largest absolute Gasteiger partial charge is 0.504 e. The highest BCUT2D eigenvalue weighted by Gasteiger charge is 2.38. The van der Waals surface area contributed by atoms with Crippen LogP contribution in [0.25, 0.3) is 0 Å².